The van der Waals surface area contributed by atoms with Gasteiger partial charge in [-0.3, -0.25) is 4.79 Å². The number of rotatable bonds is 6. The van der Waals surface area contributed by atoms with E-state index in [1.807, 2.05) is 24.3 Å². The van der Waals surface area contributed by atoms with Crippen LogP contribution < -0.4 is 15.0 Å². The summed E-state index contributed by atoms with van der Waals surface area (Å²) in [5.41, 5.74) is 2.31. The number of benzene rings is 2. The Kier molecular flexibility index (Phi) is 6.40. The van der Waals surface area contributed by atoms with Crippen molar-refractivity contribution in [1.29, 1.82) is 0 Å². The van der Waals surface area contributed by atoms with Gasteiger partial charge >= 0.3 is 0 Å². The Labute approximate surface area is 181 Å². The van der Waals surface area contributed by atoms with Gasteiger partial charge in [0.05, 0.1) is 5.69 Å². The Morgan fingerprint density at radius 2 is 1.81 bits per heavy atom. The van der Waals surface area contributed by atoms with Crippen LogP contribution in [0.1, 0.15) is 19.8 Å². The first-order valence-corrected chi connectivity index (χ1v) is 10.4. The topological polar surface area (TPSA) is 67.4 Å². The highest BCUT2D eigenvalue weighted by Crippen LogP contribution is 2.24. The average Bonchev–Trinajstić information content (AvgIpc) is 2.80. The maximum atomic E-state index is 13.5. The van der Waals surface area contributed by atoms with Gasteiger partial charge in [0, 0.05) is 24.3 Å². The first-order valence-electron chi connectivity index (χ1n) is 10.4. The summed E-state index contributed by atoms with van der Waals surface area (Å²) in [6, 6.07) is 17.3. The predicted octanol–water partition coefficient (Wildman–Crippen LogP) is 4.54. The molecule has 0 radical (unpaired) electrons. The Morgan fingerprint density at radius 3 is 2.48 bits per heavy atom. The maximum absolute atomic E-state index is 13.5. The molecular formula is C24H25FN4O2. The minimum Gasteiger partial charge on any atom is -0.481 e. The molecule has 6 nitrogen and oxygen atoms in total. The first-order chi connectivity index (χ1) is 15.1. The smallest absolute Gasteiger partial charge is 0.262 e. The van der Waals surface area contributed by atoms with Crippen molar-refractivity contribution in [1.82, 2.24) is 10.2 Å². The molecule has 0 saturated carbocycles. The third-order valence-electron chi connectivity index (χ3n) is 5.42. The molecule has 7 heteroatoms. The molecule has 1 aliphatic rings. The van der Waals surface area contributed by atoms with E-state index in [-0.39, 0.29) is 18.3 Å². The lowest BCUT2D eigenvalue weighted by molar-refractivity contribution is -0.118. The molecule has 2 heterocycles. The van der Waals surface area contributed by atoms with E-state index in [9.17, 15) is 9.18 Å². The second-order valence-electron chi connectivity index (χ2n) is 7.79. The van der Waals surface area contributed by atoms with Gasteiger partial charge in [0.2, 0.25) is 0 Å². The minimum atomic E-state index is -0.498. The Morgan fingerprint density at radius 1 is 1.06 bits per heavy atom. The number of hydrogen-bond acceptors (Lipinski definition) is 5. The molecule has 1 saturated heterocycles. The summed E-state index contributed by atoms with van der Waals surface area (Å²) >= 11 is 0. The van der Waals surface area contributed by atoms with Gasteiger partial charge in [0.15, 0.2) is 24.0 Å². The molecule has 1 amide bonds. The van der Waals surface area contributed by atoms with Crippen molar-refractivity contribution in [3.05, 3.63) is 66.5 Å². The summed E-state index contributed by atoms with van der Waals surface area (Å²) in [7, 11) is 0. The molecule has 31 heavy (non-hydrogen) atoms. The molecule has 1 aliphatic heterocycles. The van der Waals surface area contributed by atoms with Crippen molar-refractivity contribution in [3.8, 4) is 17.0 Å². The zero-order valence-electron chi connectivity index (χ0n) is 17.4. The van der Waals surface area contributed by atoms with Crippen molar-refractivity contribution in [2.45, 2.75) is 19.8 Å². The van der Waals surface area contributed by atoms with E-state index in [1.54, 1.807) is 24.3 Å². The molecule has 0 atom stereocenters. The highest BCUT2D eigenvalue weighted by atomic mass is 19.1. The van der Waals surface area contributed by atoms with E-state index in [0.29, 0.717) is 5.69 Å². The van der Waals surface area contributed by atoms with Gasteiger partial charge < -0.3 is 15.0 Å². The first kappa shape index (κ1) is 20.8. The van der Waals surface area contributed by atoms with Gasteiger partial charge in [-0.15, -0.1) is 10.2 Å². The zero-order valence-corrected chi connectivity index (χ0v) is 17.4. The highest BCUT2D eigenvalue weighted by molar-refractivity contribution is 5.92. The molecule has 0 aliphatic carbocycles. The van der Waals surface area contributed by atoms with Gasteiger partial charge in [-0.1, -0.05) is 31.2 Å². The molecule has 2 aromatic carbocycles. The van der Waals surface area contributed by atoms with Gasteiger partial charge in [-0.25, -0.2) is 4.39 Å². The third kappa shape index (κ3) is 5.36. The van der Waals surface area contributed by atoms with Crippen LogP contribution in [-0.4, -0.2) is 35.8 Å². The van der Waals surface area contributed by atoms with Gasteiger partial charge in [-0.2, -0.15) is 0 Å². The number of ether oxygens (including phenoxy) is 1. The third-order valence-corrected chi connectivity index (χ3v) is 5.42. The molecule has 0 unspecified atom stereocenters. The van der Waals surface area contributed by atoms with Crippen LogP contribution in [0.15, 0.2) is 60.7 Å². The van der Waals surface area contributed by atoms with Crippen LogP contribution in [0.25, 0.3) is 11.3 Å². The van der Waals surface area contributed by atoms with Crippen LogP contribution in [0.2, 0.25) is 0 Å². The van der Waals surface area contributed by atoms with E-state index in [0.717, 1.165) is 36.1 Å². The molecular weight excluding hydrogens is 395 g/mol. The van der Waals surface area contributed by atoms with Crippen molar-refractivity contribution >= 4 is 17.4 Å². The lowest BCUT2D eigenvalue weighted by atomic mass is 9.99. The number of carbonyl (C=O) groups is 1. The largest absolute Gasteiger partial charge is 0.481 e. The fraction of sp³-hybridized carbons (Fsp3) is 0.292. The molecule has 0 bridgehead atoms. The van der Waals surface area contributed by atoms with Gasteiger partial charge in [0.1, 0.15) is 0 Å². The van der Waals surface area contributed by atoms with Crippen LogP contribution in [0.5, 0.6) is 5.75 Å². The minimum absolute atomic E-state index is 0.0501. The van der Waals surface area contributed by atoms with Gasteiger partial charge in [-0.05, 0) is 55.2 Å². The van der Waals surface area contributed by atoms with Crippen molar-refractivity contribution < 1.29 is 13.9 Å². The lowest BCUT2D eigenvalue weighted by Crippen LogP contribution is -2.33. The number of hydrogen-bond donors (Lipinski definition) is 1. The van der Waals surface area contributed by atoms with E-state index >= 15 is 0 Å². The number of piperidine rings is 1. The number of nitrogens with zero attached hydrogens (tertiary/aromatic N) is 3. The van der Waals surface area contributed by atoms with Crippen LogP contribution in [0, 0.1) is 11.7 Å². The standard InChI is InChI=1S/C24H25FN4O2/c1-17-12-14-29(15-13-17)23-11-10-21(27-28-23)18-6-8-19(9-7-18)26-24(30)16-31-22-5-3-2-4-20(22)25/h2-11,17H,12-16H2,1H3,(H,26,30). The summed E-state index contributed by atoms with van der Waals surface area (Å²) in [6.07, 6.45) is 2.36. The van der Waals surface area contributed by atoms with Crippen LogP contribution in [-0.2, 0) is 4.79 Å². The average molecular weight is 420 g/mol. The van der Waals surface area contributed by atoms with E-state index in [2.05, 4.69) is 27.3 Å². The predicted molar refractivity (Wildman–Crippen MR) is 119 cm³/mol. The van der Waals surface area contributed by atoms with E-state index < -0.39 is 5.82 Å². The molecule has 3 aromatic rings. The quantitative estimate of drug-likeness (QED) is 0.634. The zero-order chi connectivity index (χ0) is 21.6. The van der Waals surface area contributed by atoms with Gasteiger partial charge in [0.25, 0.3) is 5.91 Å². The lowest BCUT2D eigenvalue weighted by Gasteiger charge is -2.30. The SMILES string of the molecule is CC1CCN(c2ccc(-c3ccc(NC(=O)COc4ccccc4F)cc3)nn2)CC1. The van der Waals surface area contributed by atoms with Crippen LogP contribution >= 0.6 is 0 Å². The molecule has 1 aromatic heterocycles. The maximum Gasteiger partial charge on any atom is 0.262 e. The fourth-order valence-corrected chi connectivity index (χ4v) is 3.51. The van der Waals surface area contributed by atoms with Crippen molar-refractivity contribution in [3.63, 3.8) is 0 Å². The second kappa shape index (κ2) is 9.55. The van der Waals surface area contributed by atoms with Crippen LogP contribution in [0.4, 0.5) is 15.9 Å². The number of carbonyl (C=O) groups excluding carboxylic acids is 1. The van der Waals surface area contributed by atoms with Crippen molar-refractivity contribution in [2.24, 2.45) is 5.92 Å². The van der Waals surface area contributed by atoms with Crippen molar-refractivity contribution in [2.75, 3.05) is 29.9 Å². The van der Waals surface area contributed by atoms with E-state index in [1.165, 1.54) is 25.0 Å². The number of nitrogens with one attached hydrogen (secondary N) is 1. The number of anilines is 2. The summed E-state index contributed by atoms with van der Waals surface area (Å²) in [6.45, 7) is 4.05. The summed E-state index contributed by atoms with van der Waals surface area (Å²) < 4.78 is 18.8. The number of aromatic nitrogens is 2. The molecule has 160 valence electrons. The number of halogens is 1. The summed E-state index contributed by atoms with van der Waals surface area (Å²) in [5, 5.41) is 11.5. The Bertz CT molecular complexity index is 1020. The molecule has 4 rings (SSSR count). The number of amides is 1. The molecule has 1 N–H and O–H groups in total. The Balaban J connectivity index is 1.32. The second-order valence-corrected chi connectivity index (χ2v) is 7.79. The summed E-state index contributed by atoms with van der Waals surface area (Å²) in [4.78, 5) is 14.4. The summed E-state index contributed by atoms with van der Waals surface area (Å²) in [5.74, 6) is 0.870. The van der Waals surface area contributed by atoms with E-state index in [4.69, 9.17) is 4.74 Å². The Hall–Kier alpha value is -3.48. The molecule has 0 spiro atoms. The number of para-hydroxylation sites is 1. The monoisotopic (exact) mass is 420 g/mol. The molecule has 1 fully saturated rings. The normalized spacial score (nSPS) is 14.3. The van der Waals surface area contributed by atoms with Crippen LogP contribution in [0.3, 0.4) is 0 Å². The highest BCUT2D eigenvalue weighted by Gasteiger charge is 2.17. The fourth-order valence-electron chi connectivity index (χ4n) is 3.51.